The molecule has 1 saturated carbocycles. The first kappa shape index (κ1) is 17.5. The number of methoxy groups -OCH3 is 2. The van der Waals surface area contributed by atoms with Crippen LogP contribution in [0.15, 0.2) is 60.7 Å². The zero-order valence-corrected chi connectivity index (χ0v) is 14.6. The normalized spacial score (nSPS) is 18.0. The minimum Gasteiger partial charge on any atom is -0.497 e. The summed E-state index contributed by atoms with van der Waals surface area (Å²) in [5, 5.41) is 5.60. The van der Waals surface area contributed by atoms with Crippen molar-refractivity contribution in [1.82, 2.24) is 0 Å². The molecule has 0 spiro atoms. The van der Waals surface area contributed by atoms with E-state index < -0.39 is 11.8 Å². The fourth-order valence-electron chi connectivity index (χ4n) is 2.74. The predicted octanol–water partition coefficient (Wildman–Crippen LogP) is 3.08. The average Bonchev–Trinajstić information content (AvgIpc) is 3.34. The second-order valence-corrected chi connectivity index (χ2v) is 5.97. The summed E-state index contributed by atoms with van der Waals surface area (Å²) < 4.78 is 10.2. The van der Waals surface area contributed by atoms with Crippen LogP contribution in [0.3, 0.4) is 0 Å². The molecule has 0 aromatic heterocycles. The molecule has 6 nitrogen and oxygen atoms in total. The number of nitrogens with one attached hydrogen (secondary N) is 2. The van der Waals surface area contributed by atoms with Crippen molar-refractivity contribution in [3.05, 3.63) is 60.7 Å². The minimum absolute atomic E-state index is 0.241. The van der Waals surface area contributed by atoms with Gasteiger partial charge in [0.2, 0.25) is 11.8 Å². The van der Waals surface area contributed by atoms with Crippen LogP contribution in [-0.4, -0.2) is 26.0 Å². The first-order chi connectivity index (χ1) is 12.5. The van der Waals surface area contributed by atoms with Gasteiger partial charge in [-0.15, -0.1) is 0 Å². The number of hydrogen-bond acceptors (Lipinski definition) is 4. The van der Waals surface area contributed by atoms with E-state index in [4.69, 9.17) is 9.47 Å². The van der Waals surface area contributed by atoms with Gasteiger partial charge < -0.3 is 20.1 Å². The van der Waals surface area contributed by atoms with Gasteiger partial charge in [0.1, 0.15) is 11.5 Å². The smallest absolute Gasteiger partial charge is 0.232 e. The Morgan fingerprint density at radius 2 is 1.12 bits per heavy atom. The zero-order valence-electron chi connectivity index (χ0n) is 14.6. The van der Waals surface area contributed by atoms with Gasteiger partial charge in [0.15, 0.2) is 0 Å². The number of amides is 2. The molecular formula is C20H20N2O4. The van der Waals surface area contributed by atoms with E-state index in [0.29, 0.717) is 28.4 Å². The molecule has 2 amide bonds. The molecule has 1 aliphatic carbocycles. The van der Waals surface area contributed by atoms with Crippen LogP contribution in [-0.2, 0) is 9.59 Å². The second kappa shape index (κ2) is 7.31. The molecule has 0 heterocycles. The average molecular weight is 352 g/mol. The van der Waals surface area contributed by atoms with Gasteiger partial charge in [0, 0.05) is 11.4 Å². The standard InChI is InChI=1S/C20H20N2O4/c1-12-17(19(23)21-13-4-8-15(25-2)9-5-13)18(12)20(24)22-14-6-10-16(26-3)11-7-14/h4-11,17-18H,1H2,2-3H3,(H,21,23)(H,22,24)/t17-,18-/m0/s1. The molecule has 0 unspecified atom stereocenters. The van der Waals surface area contributed by atoms with E-state index in [-0.39, 0.29) is 11.8 Å². The van der Waals surface area contributed by atoms with Gasteiger partial charge in [-0.25, -0.2) is 0 Å². The monoisotopic (exact) mass is 352 g/mol. The SMILES string of the molecule is C=C1[C@H](C(=O)Nc2ccc(OC)cc2)[C@H]1C(=O)Nc1ccc(OC)cc1. The molecule has 2 N–H and O–H groups in total. The summed E-state index contributed by atoms with van der Waals surface area (Å²) in [6.07, 6.45) is 0. The first-order valence-corrected chi connectivity index (χ1v) is 8.12. The lowest BCUT2D eigenvalue weighted by atomic mass is 10.2. The maximum Gasteiger partial charge on any atom is 0.232 e. The van der Waals surface area contributed by atoms with E-state index in [0.717, 1.165) is 0 Å². The van der Waals surface area contributed by atoms with Crippen LogP contribution >= 0.6 is 0 Å². The Hall–Kier alpha value is -3.28. The minimum atomic E-state index is -0.518. The number of hydrogen-bond donors (Lipinski definition) is 2. The molecule has 3 rings (SSSR count). The first-order valence-electron chi connectivity index (χ1n) is 8.12. The summed E-state index contributed by atoms with van der Waals surface area (Å²) in [6, 6.07) is 14.0. The molecule has 134 valence electrons. The summed E-state index contributed by atoms with van der Waals surface area (Å²) in [6.45, 7) is 3.85. The Labute approximate surface area is 151 Å². The number of anilines is 2. The quantitative estimate of drug-likeness (QED) is 0.784. The van der Waals surface area contributed by atoms with Gasteiger partial charge in [0.25, 0.3) is 0 Å². The van der Waals surface area contributed by atoms with Crippen molar-refractivity contribution < 1.29 is 19.1 Å². The summed E-state index contributed by atoms with van der Waals surface area (Å²) in [5.74, 6) is -0.109. The highest BCUT2D eigenvalue weighted by Gasteiger charge is 2.52. The fourth-order valence-corrected chi connectivity index (χ4v) is 2.74. The third kappa shape index (κ3) is 3.69. The Morgan fingerprint density at radius 1 is 0.769 bits per heavy atom. The van der Waals surface area contributed by atoms with Crippen molar-refractivity contribution in [3.63, 3.8) is 0 Å². The Bertz CT molecular complexity index is 758. The van der Waals surface area contributed by atoms with Crippen LogP contribution in [0.5, 0.6) is 11.5 Å². The van der Waals surface area contributed by atoms with Crippen LogP contribution in [0, 0.1) is 11.8 Å². The van der Waals surface area contributed by atoms with Gasteiger partial charge in [-0.05, 0) is 48.5 Å². The molecule has 0 aliphatic heterocycles. The van der Waals surface area contributed by atoms with E-state index in [2.05, 4.69) is 17.2 Å². The molecule has 2 atom stereocenters. The van der Waals surface area contributed by atoms with E-state index in [1.165, 1.54) is 0 Å². The highest BCUT2D eigenvalue weighted by atomic mass is 16.5. The van der Waals surface area contributed by atoms with Gasteiger partial charge in [0.05, 0.1) is 26.1 Å². The number of rotatable bonds is 6. The number of carbonyl (C=O) groups excluding carboxylic acids is 2. The summed E-state index contributed by atoms with van der Waals surface area (Å²) in [5.41, 5.74) is 1.90. The van der Waals surface area contributed by atoms with Crippen molar-refractivity contribution in [2.24, 2.45) is 11.8 Å². The topological polar surface area (TPSA) is 76.7 Å². The molecule has 0 bridgehead atoms. The number of ether oxygens (including phenoxy) is 2. The van der Waals surface area contributed by atoms with Crippen LogP contribution < -0.4 is 20.1 Å². The van der Waals surface area contributed by atoms with Gasteiger partial charge in [-0.3, -0.25) is 9.59 Å². The van der Waals surface area contributed by atoms with Gasteiger partial charge >= 0.3 is 0 Å². The molecule has 2 aromatic rings. The third-order valence-electron chi connectivity index (χ3n) is 4.30. The lowest BCUT2D eigenvalue weighted by molar-refractivity contribution is -0.122. The molecule has 26 heavy (non-hydrogen) atoms. The van der Waals surface area contributed by atoms with Crippen molar-refractivity contribution in [2.75, 3.05) is 24.9 Å². The summed E-state index contributed by atoms with van der Waals surface area (Å²) in [4.78, 5) is 24.8. The van der Waals surface area contributed by atoms with Crippen molar-refractivity contribution in [1.29, 1.82) is 0 Å². The van der Waals surface area contributed by atoms with Gasteiger partial charge in [-0.1, -0.05) is 12.2 Å². The zero-order chi connectivity index (χ0) is 18.7. The molecule has 1 fully saturated rings. The second-order valence-electron chi connectivity index (χ2n) is 5.97. The molecule has 0 saturated heterocycles. The summed E-state index contributed by atoms with van der Waals surface area (Å²) >= 11 is 0. The highest BCUT2D eigenvalue weighted by Crippen LogP contribution is 2.45. The third-order valence-corrected chi connectivity index (χ3v) is 4.30. The van der Waals surface area contributed by atoms with E-state index in [1.807, 2.05) is 0 Å². The van der Waals surface area contributed by atoms with Crippen molar-refractivity contribution >= 4 is 23.2 Å². The maximum absolute atomic E-state index is 12.4. The Kier molecular flexibility index (Phi) is 4.93. The van der Waals surface area contributed by atoms with Crippen molar-refractivity contribution in [3.8, 4) is 11.5 Å². The fraction of sp³-hybridized carbons (Fsp3) is 0.200. The Balaban J connectivity index is 1.58. The van der Waals surface area contributed by atoms with E-state index in [1.54, 1.807) is 62.8 Å². The van der Waals surface area contributed by atoms with E-state index >= 15 is 0 Å². The number of benzene rings is 2. The number of carbonyl (C=O) groups is 2. The summed E-state index contributed by atoms with van der Waals surface area (Å²) in [7, 11) is 3.15. The lowest BCUT2D eigenvalue weighted by Crippen LogP contribution is -2.20. The van der Waals surface area contributed by atoms with Gasteiger partial charge in [-0.2, -0.15) is 0 Å². The molecule has 6 heteroatoms. The molecule has 2 aromatic carbocycles. The molecule has 1 aliphatic rings. The van der Waals surface area contributed by atoms with Crippen LogP contribution in [0.4, 0.5) is 11.4 Å². The largest absolute Gasteiger partial charge is 0.497 e. The predicted molar refractivity (Wildman–Crippen MR) is 99.4 cm³/mol. The maximum atomic E-state index is 12.4. The van der Waals surface area contributed by atoms with Crippen molar-refractivity contribution in [2.45, 2.75) is 0 Å². The highest BCUT2D eigenvalue weighted by molar-refractivity contribution is 6.08. The Morgan fingerprint density at radius 3 is 1.42 bits per heavy atom. The van der Waals surface area contributed by atoms with E-state index in [9.17, 15) is 9.59 Å². The molecule has 0 radical (unpaired) electrons. The molecular weight excluding hydrogens is 332 g/mol. The van der Waals surface area contributed by atoms with Crippen LogP contribution in [0.2, 0.25) is 0 Å². The van der Waals surface area contributed by atoms with Crippen LogP contribution in [0.25, 0.3) is 0 Å². The lowest BCUT2D eigenvalue weighted by Gasteiger charge is -2.07. The van der Waals surface area contributed by atoms with Crippen LogP contribution in [0.1, 0.15) is 0 Å².